The molecule has 1 aliphatic carbocycles. The Balaban J connectivity index is 1.52. The highest BCUT2D eigenvalue weighted by atomic mass is 19.1. The summed E-state index contributed by atoms with van der Waals surface area (Å²) in [5.41, 5.74) is -0.715. The van der Waals surface area contributed by atoms with Crippen LogP contribution in [-0.2, 0) is 0 Å². The normalized spacial score (nSPS) is 18.5. The van der Waals surface area contributed by atoms with Crippen LogP contribution in [0.25, 0.3) is 10.8 Å². The van der Waals surface area contributed by atoms with Crippen molar-refractivity contribution in [2.75, 3.05) is 13.2 Å². The molecule has 0 atom stereocenters. The van der Waals surface area contributed by atoms with Crippen molar-refractivity contribution in [3.8, 4) is 11.7 Å². The van der Waals surface area contributed by atoms with Crippen LogP contribution in [-0.4, -0.2) is 13.2 Å². The van der Waals surface area contributed by atoms with E-state index in [4.69, 9.17) is 13.9 Å². The zero-order chi connectivity index (χ0) is 23.5. The van der Waals surface area contributed by atoms with Gasteiger partial charge < -0.3 is 13.9 Å². The number of rotatable bonds is 14. The molecule has 4 nitrogen and oxygen atoms in total. The van der Waals surface area contributed by atoms with E-state index in [9.17, 15) is 9.18 Å². The molecule has 0 N–H and O–H groups in total. The minimum absolute atomic E-state index is 0.0709. The van der Waals surface area contributed by atoms with E-state index < -0.39 is 11.4 Å². The van der Waals surface area contributed by atoms with Crippen LogP contribution >= 0.6 is 0 Å². The molecular weight excluding hydrogens is 419 g/mol. The Hall–Kier alpha value is -2.04. The maximum Gasteiger partial charge on any atom is 0.349 e. The first-order valence-corrected chi connectivity index (χ1v) is 13.1. The van der Waals surface area contributed by atoms with Crippen LogP contribution in [0.4, 0.5) is 4.39 Å². The fourth-order valence-electron chi connectivity index (χ4n) is 4.84. The van der Waals surface area contributed by atoms with Gasteiger partial charge in [-0.25, -0.2) is 9.18 Å². The van der Waals surface area contributed by atoms with E-state index in [0.29, 0.717) is 24.5 Å². The van der Waals surface area contributed by atoms with Crippen molar-refractivity contribution in [1.29, 1.82) is 0 Å². The van der Waals surface area contributed by atoms with E-state index in [1.54, 1.807) is 18.2 Å². The Labute approximate surface area is 197 Å². The van der Waals surface area contributed by atoms with E-state index in [1.165, 1.54) is 51.4 Å². The molecule has 0 bridgehead atoms. The maximum atomic E-state index is 14.9. The first kappa shape index (κ1) is 25.6. The van der Waals surface area contributed by atoms with Gasteiger partial charge in [0.15, 0.2) is 11.6 Å². The van der Waals surface area contributed by atoms with Gasteiger partial charge >= 0.3 is 5.63 Å². The second-order valence-electron chi connectivity index (χ2n) is 9.65. The minimum Gasteiger partial charge on any atom is -0.490 e. The fraction of sp³-hybridized carbons (Fsp3) is 0.679. The van der Waals surface area contributed by atoms with Gasteiger partial charge in [0.1, 0.15) is 5.39 Å². The molecule has 1 fully saturated rings. The van der Waals surface area contributed by atoms with Gasteiger partial charge in [0.2, 0.25) is 0 Å². The first-order chi connectivity index (χ1) is 16.1. The molecule has 0 spiro atoms. The molecule has 1 saturated carbocycles. The smallest absolute Gasteiger partial charge is 0.349 e. The first-order valence-electron chi connectivity index (χ1n) is 13.1. The van der Waals surface area contributed by atoms with E-state index in [1.807, 2.05) is 0 Å². The van der Waals surface area contributed by atoms with E-state index >= 15 is 0 Å². The van der Waals surface area contributed by atoms with Crippen molar-refractivity contribution in [2.24, 2.45) is 11.8 Å². The molecular formula is C28H41FO4. The van der Waals surface area contributed by atoms with Gasteiger partial charge in [0.05, 0.1) is 13.2 Å². The minimum atomic E-state index is -0.715. The van der Waals surface area contributed by atoms with Crippen molar-refractivity contribution >= 4 is 10.8 Å². The molecule has 1 aliphatic rings. The molecule has 0 radical (unpaired) electrons. The number of ether oxygens (including phenoxy) is 2. The Morgan fingerprint density at radius 2 is 1.61 bits per heavy atom. The van der Waals surface area contributed by atoms with Gasteiger partial charge in [-0.05, 0) is 48.6 Å². The highest BCUT2D eigenvalue weighted by Gasteiger charge is 2.22. The monoisotopic (exact) mass is 460 g/mol. The third-order valence-corrected chi connectivity index (χ3v) is 6.96. The van der Waals surface area contributed by atoms with Gasteiger partial charge in [-0.2, -0.15) is 0 Å². The summed E-state index contributed by atoms with van der Waals surface area (Å²) in [5, 5.41) is 0.409. The van der Waals surface area contributed by atoms with Crippen LogP contribution in [0.5, 0.6) is 11.7 Å². The molecule has 0 aliphatic heterocycles. The maximum absolute atomic E-state index is 14.9. The van der Waals surface area contributed by atoms with Gasteiger partial charge in [0.25, 0.3) is 5.95 Å². The molecule has 0 amide bonds. The lowest BCUT2D eigenvalue weighted by atomic mass is 9.80. The Kier molecular flexibility index (Phi) is 10.6. The van der Waals surface area contributed by atoms with E-state index in [2.05, 4.69) is 13.8 Å². The average Bonchev–Trinajstić information content (AvgIpc) is 2.82. The van der Waals surface area contributed by atoms with Crippen LogP contribution < -0.4 is 15.1 Å². The Morgan fingerprint density at radius 3 is 2.36 bits per heavy atom. The summed E-state index contributed by atoms with van der Waals surface area (Å²) in [4.78, 5) is 12.5. The summed E-state index contributed by atoms with van der Waals surface area (Å²) in [5.74, 6) is 0.958. The highest BCUT2D eigenvalue weighted by Crippen LogP contribution is 2.33. The lowest BCUT2D eigenvalue weighted by Gasteiger charge is -2.28. The summed E-state index contributed by atoms with van der Waals surface area (Å²) in [6.45, 7) is 5.40. The molecule has 3 rings (SSSR count). The second-order valence-corrected chi connectivity index (χ2v) is 9.65. The zero-order valence-corrected chi connectivity index (χ0v) is 20.5. The standard InChI is InChI=1S/C28H41FO4/c1-3-5-7-8-10-18-31-24-17-16-23-19-25(33-28(30)26(23)27(24)29)32-20-22-14-12-21(13-15-22)11-9-6-4-2/h16-17,19,21-22H,3-15,18,20H2,1-2H3. The average molecular weight is 461 g/mol. The predicted octanol–water partition coefficient (Wildman–Crippen LogP) is 8.05. The van der Waals surface area contributed by atoms with Crippen molar-refractivity contribution in [1.82, 2.24) is 0 Å². The lowest BCUT2D eigenvalue weighted by Crippen LogP contribution is -2.20. The molecule has 1 aromatic carbocycles. The molecule has 1 heterocycles. The van der Waals surface area contributed by atoms with Gasteiger partial charge in [0, 0.05) is 6.07 Å². The number of benzene rings is 1. The third kappa shape index (κ3) is 7.75. The highest BCUT2D eigenvalue weighted by molar-refractivity contribution is 5.84. The van der Waals surface area contributed by atoms with Crippen molar-refractivity contribution < 1.29 is 18.3 Å². The van der Waals surface area contributed by atoms with Crippen molar-refractivity contribution in [3.63, 3.8) is 0 Å². The van der Waals surface area contributed by atoms with Crippen LogP contribution in [0.3, 0.4) is 0 Å². The molecule has 0 saturated heterocycles. The molecule has 0 unspecified atom stereocenters. The quantitative estimate of drug-likeness (QED) is 0.268. The summed E-state index contributed by atoms with van der Waals surface area (Å²) in [7, 11) is 0. The zero-order valence-electron chi connectivity index (χ0n) is 20.5. The largest absolute Gasteiger partial charge is 0.490 e. The fourth-order valence-corrected chi connectivity index (χ4v) is 4.84. The third-order valence-electron chi connectivity index (χ3n) is 6.96. The topological polar surface area (TPSA) is 48.7 Å². The van der Waals surface area contributed by atoms with Gasteiger partial charge in [-0.1, -0.05) is 78.1 Å². The molecule has 1 aromatic heterocycles. The Bertz CT molecular complexity index is 899. The number of hydrogen-bond acceptors (Lipinski definition) is 4. The summed E-state index contributed by atoms with van der Waals surface area (Å²) in [6, 6.07) is 4.91. The molecule has 5 heteroatoms. The molecule has 33 heavy (non-hydrogen) atoms. The van der Waals surface area contributed by atoms with Crippen LogP contribution in [0.15, 0.2) is 27.4 Å². The van der Waals surface area contributed by atoms with Crippen molar-refractivity contribution in [2.45, 2.75) is 97.3 Å². The van der Waals surface area contributed by atoms with E-state index in [0.717, 1.165) is 38.0 Å². The van der Waals surface area contributed by atoms with E-state index in [-0.39, 0.29) is 17.1 Å². The van der Waals surface area contributed by atoms with Crippen LogP contribution in [0, 0.1) is 17.7 Å². The number of halogens is 1. The lowest BCUT2D eigenvalue weighted by molar-refractivity contribution is 0.148. The van der Waals surface area contributed by atoms with Crippen LogP contribution in [0.2, 0.25) is 0 Å². The second kappa shape index (κ2) is 13.6. The number of fused-ring (bicyclic) bond motifs is 1. The Morgan fingerprint density at radius 1 is 0.909 bits per heavy atom. The molecule has 2 aromatic rings. The summed E-state index contributed by atoms with van der Waals surface area (Å²) in [6.07, 6.45) is 15.6. The summed E-state index contributed by atoms with van der Waals surface area (Å²) >= 11 is 0. The molecule has 184 valence electrons. The van der Waals surface area contributed by atoms with Crippen LogP contribution in [0.1, 0.15) is 97.3 Å². The number of hydrogen-bond donors (Lipinski definition) is 0. The SMILES string of the molecule is CCCCCCCOc1ccc2cc(OCC3CCC(CCCCC)CC3)oc(=O)c2c1F. The van der Waals surface area contributed by atoms with Crippen molar-refractivity contribution in [3.05, 3.63) is 34.4 Å². The van der Waals surface area contributed by atoms with Gasteiger partial charge in [-0.3, -0.25) is 0 Å². The summed E-state index contributed by atoms with van der Waals surface area (Å²) < 4.78 is 31.6. The number of unbranched alkanes of at least 4 members (excludes halogenated alkanes) is 6. The predicted molar refractivity (Wildman–Crippen MR) is 132 cm³/mol. The van der Waals surface area contributed by atoms with Gasteiger partial charge in [-0.15, -0.1) is 0 Å².